The monoisotopic (exact) mass is 312 g/mol. The summed E-state index contributed by atoms with van der Waals surface area (Å²) in [6.45, 7) is 5.14. The van der Waals surface area contributed by atoms with Gasteiger partial charge in [-0.3, -0.25) is 9.69 Å². The van der Waals surface area contributed by atoms with Gasteiger partial charge < -0.3 is 15.8 Å². The van der Waals surface area contributed by atoms with Crippen LogP contribution in [-0.2, 0) is 6.42 Å². The Bertz CT molecular complexity index is 510. The van der Waals surface area contributed by atoms with E-state index in [1.165, 1.54) is 11.5 Å². The van der Waals surface area contributed by atoms with Crippen LogP contribution in [0.15, 0.2) is 5.16 Å². The maximum Gasteiger partial charge on any atom is 0.267 e. The van der Waals surface area contributed by atoms with Crippen LogP contribution in [0.25, 0.3) is 0 Å². The van der Waals surface area contributed by atoms with Crippen LogP contribution in [0.2, 0.25) is 0 Å². The molecule has 9 heteroatoms. The van der Waals surface area contributed by atoms with E-state index in [1.54, 1.807) is 0 Å². The summed E-state index contributed by atoms with van der Waals surface area (Å²) in [6, 6.07) is 0. The number of hydrogen-bond acceptors (Lipinski definition) is 7. The van der Waals surface area contributed by atoms with Crippen LogP contribution < -0.4 is 5.73 Å². The third kappa shape index (κ3) is 3.88. The topological polar surface area (TPSA) is 108 Å². The minimum absolute atomic E-state index is 0.0110. The quantitative estimate of drug-likeness (QED) is 0.343. The Hall–Kier alpha value is -1.74. The molecule has 1 fully saturated rings. The van der Waals surface area contributed by atoms with E-state index in [1.807, 2.05) is 4.90 Å². The summed E-state index contributed by atoms with van der Waals surface area (Å²) in [5.41, 5.74) is 6.29. The average Bonchev–Trinajstić information content (AvgIpc) is 2.96. The first-order valence-corrected chi connectivity index (χ1v) is 7.72. The van der Waals surface area contributed by atoms with Crippen molar-refractivity contribution in [1.29, 1.82) is 0 Å². The molecule has 1 aromatic heterocycles. The van der Waals surface area contributed by atoms with Crippen LogP contribution in [-0.4, -0.2) is 69.1 Å². The molecule has 3 N–H and O–H groups in total. The van der Waals surface area contributed by atoms with Gasteiger partial charge in [0, 0.05) is 26.2 Å². The number of nitrogens with two attached hydrogens (primary N) is 1. The Morgan fingerprint density at radius 1 is 1.43 bits per heavy atom. The maximum atomic E-state index is 12.5. The molecule has 1 aliphatic rings. The number of aryl methyl sites for hydroxylation is 1. The second-order valence-electron chi connectivity index (χ2n) is 4.96. The molecule has 1 saturated heterocycles. The van der Waals surface area contributed by atoms with Crippen molar-refractivity contribution >= 4 is 23.3 Å². The summed E-state index contributed by atoms with van der Waals surface area (Å²) in [5.74, 6) is 0.198. The van der Waals surface area contributed by atoms with Gasteiger partial charge in [0.15, 0.2) is 5.84 Å². The molecule has 8 nitrogen and oxygen atoms in total. The Kier molecular flexibility index (Phi) is 5.45. The smallest absolute Gasteiger partial charge is 0.267 e. The lowest BCUT2D eigenvalue weighted by Crippen LogP contribution is -2.50. The van der Waals surface area contributed by atoms with E-state index in [0.717, 1.165) is 18.5 Å². The van der Waals surface area contributed by atoms with Gasteiger partial charge in [0.05, 0.1) is 12.2 Å². The van der Waals surface area contributed by atoms with Crippen molar-refractivity contribution in [2.75, 3.05) is 32.7 Å². The number of nitrogens with zero attached hydrogens (tertiary/aromatic N) is 5. The standard InChI is InChI=1S/C12H20N6O2S/c1-2-3-9-11(21-16-14-9)12(19)18-6-4-17(5-7-18)8-10(13)15-20/h20H,2-8H2,1H3,(H2,13,15). The number of carbonyl (C=O) groups is 1. The summed E-state index contributed by atoms with van der Waals surface area (Å²) >= 11 is 1.17. The number of carbonyl (C=O) groups excluding carboxylic acids is 1. The number of amidine groups is 1. The Balaban J connectivity index is 1.92. The van der Waals surface area contributed by atoms with Crippen molar-refractivity contribution in [3.05, 3.63) is 10.6 Å². The molecule has 21 heavy (non-hydrogen) atoms. The second-order valence-corrected chi connectivity index (χ2v) is 5.71. The van der Waals surface area contributed by atoms with Crippen LogP contribution >= 0.6 is 11.5 Å². The van der Waals surface area contributed by atoms with E-state index < -0.39 is 0 Å². The molecular weight excluding hydrogens is 292 g/mol. The molecule has 0 aromatic carbocycles. The molecule has 0 spiro atoms. The van der Waals surface area contributed by atoms with E-state index in [0.29, 0.717) is 37.6 Å². The zero-order valence-electron chi connectivity index (χ0n) is 12.0. The highest BCUT2D eigenvalue weighted by Crippen LogP contribution is 2.16. The van der Waals surface area contributed by atoms with Gasteiger partial charge in [-0.15, -0.1) is 5.10 Å². The lowest BCUT2D eigenvalue weighted by Gasteiger charge is -2.34. The fourth-order valence-corrected chi connectivity index (χ4v) is 2.96. The molecule has 1 amide bonds. The van der Waals surface area contributed by atoms with Gasteiger partial charge in [0.2, 0.25) is 0 Å². The molecule has 0 unspecified atom stereocenters. The maximum absolute atomic E-state index is 12.5. The van der Waals surface area contributed by atoms with Gasteiger partial charge in [-0.1, -0.05) is 23.0 Å². The molecule has 0 aliphatic carbocycles. The molecule has 1 aromatic rings. The first-order chi connectivity index (χ1) is 10.2. The average molecular weight is 312 g/mol. The highest BCUT2D eigenvalue weighted by atomic mass is 32.1. The fraction of sp³-hybridized carbons (Fsp3) is 0.667. The molecule has 0 bridgehead atoms. The number of aromatic nitrogens is 2. The predicted molar refractivity (Wildman–Crippen MR) is 79.7 cm³/mol. The van der Waals surface area contributed by atoms with E-state index in [-0.39, 0.29) is 11.7 Å². The van der Waals surface area contributed by atoms with Crippen molar-refractivity contribution in [2.24, 2.45) is 10.9 Å². The molecule has 116 valence electrons. The van der Waals surface area contributed by atoms with Crippen molar-refractivity contribution in [3.8, 4) is 0 Å². The minimum Gasteiger partial charge on any atom is -0.409 e. The molecular formula is C12H20N6O2S. The van der Waals surface area contributed by atoms with Crippen molar-refractivity contribution in [2.45, 2.75) is 19.8 Å². The van der Waals surface area contributed by atoms with E-state index in [9.17, 15) is 4.79 Å². The minimum atomic E-state index is 0.0110. The molecule has 1 aliphatic heterocycles. The highest BCUT2D eigenvalue weighted by Gasteiger charge is 2.26. The van der Waals surface area contributed by atoms with Crippen LogP contribution in [0.3, 0.4) is 0 Å². The second kappa shape index (κ2) is 7.32. The summed E-state index contributed by atoms with van der Waals surface area (Å²) < 4.78 is 3.90. The predicted octanol–water partition coefficient (Wildman–Crippen LogP) is -0.00520. The molecule has 0 atom stereocenters. The fourth-order valence-electron chi connectivity index (χ4n) is 2.28. The van der Waals surface area contributed by atoms with Gasteiger partial charge in [-0.25, -0.2) is 0 Å². The number of amides is 1. The summed E-state index contributed by atoms with van der Waals surface area (Å²) in [7, 11) is 0. The number of rotatable bonds is 5. The van der Waals surface area contributed by atoms with Crippen LogP contribution in [0.1, 0.15) is 28.7 Å². The Morgan fingerprint density at radius 2 is 2.14 bits per heavy atom. The third-order valence-corrected chi connectivity index (χ3v) is 4.17. The van der Waals surface area contributed by atoms with Crippen LogP contribution in [0, 0.1) is 0 Å². The highest BCUT2D eigenvalue weighted by molar-refractivity contribution is 7.08. The van der Waals surface area contributed by atoms with Crippen molar-refractivity contribution < 1.29 is 10.0 Å². The van der Waals surface area contributed by atoms with Gasteiger partial charge in [-0.05, 0) is 18.0 Å². The zero-order valence-corrected chi connectivity index (χ0v) is 12.8. The van der Waals surface area contributed by atoms with E-state index in [4.69, 9.17) is 10.9 Å². The SMILES string of the molecule is CCCc1nnsc1C(=O)N1CCN(CC(N)=NO)CC1. The first kappa shape index (κ1) is 15.6. The summed E-state index contributed by atoms with van der Waals surface area (Å²) in [4.78, 5) is 17.0. The molecule has 2 rings (SSSR count). The first-order valence-electron chi connectivity index (χ1n) is 6.95. The normalized spacial score (nSPS) is 17.2. The molecule has 0 saturated carbocycles. The van der Waals surface area contributed by atoms with Crippen LogP contribution in [0.4, 0.5) is 0 Å². The van der Waals surface area contributed by atoms with Gasteiger partial charge >= 0.3 is 0 Å². The van der Waals surface area contributed by atoms with Gasteiger partial charge in [0.25, 0.3) is 5.91 Å². The largest absolute Gasteiger partial charge is 0.409 e. The Labute approximate surface area is 127 Å². The van der Waals surface area contributed by atoms with Gasteiger partial charge in [0.1, 0.15) is 4.88 Å². The lowest BCUT2D eigenvalue weighted by molar-refractivity contribution is 0.0656. The number of piperazine rings is 1. The molecule has 0 radical (unpaired) electrons. The van der Waals surface area contributed by atoms with Crippen LogP contribution in [0.5, 0.6) is 0 Å². The summed E-state index contributed by atoms with van der Waals surface area (Å²) in [6.07, 6.45) is 1.72. The summed E-state index contributed by atoms with van der Waals surface area (Å²) in [5, 5.41) is 15.6. The number of oxime groups is 1. The zero-order chi connectivity index (χ0) is 15.2. The lowest BCUT2D eigenvalue weighted by atomic mass is 10.2. The van der Waals surface area contributed by atoms with Crippen molar-refractivity contribution in [3.63, 3.8) is 0 Å². The Morgan fingerprint density at radius 3 is 2.76 bits per heavy atom. The van der Waals surface area contributed by atoms with Gasteiger partial charge in [-0.2, -0.15) is 0 Å². The number of hydrogen-bond donors (Lipinski definition) is 2. The van der Waals surface area contributed by atoms with E-state index in [2.05, 4.69) is 26.6 Å². The third-order valence-electron chi connectivity index (χ3n) is 3.41. The molecule has 2 heterocycles. The van der Waals surface area contributed by atoms with E-state index >= 15 is 0 Å². The van der Waals surface area contributed by atoms with Crippen molar-refractivity contribution in [1.82, 2.24) is 19.4 Å².